The van der Waals surface area contributed by atoms with Gasteiger partial charge in [0.15, 0.2) is 17.3 Å². The number of thiophene rings is 1. The Morgan fingerprint density at radius 2 is 1.85 bits per heavy atom. The van der Waals surface area contributed by atoms with Crippen LogP contribution in [0.15, 0.2) is 35.7 Å². The van der Waals surface area contributed by atoms with Crippen molar-refractivity contribution in [3.05, 3.63) is 40.6 Å². The van der Waals surface area contributed by atoms with Crippen molar-refractivity contribution in [2.75, 3.05) is 52.3 Å². The van der Waals surface area contributed by atoms with E-state index in [-0.39, 0.29) is 11.8 Å². The molecule has 0 radical (unpaired) electrons. The summed E-state index contributed by atoms with van der Waals surface area (Å²) in [6.45, 7) is 2.85. The van der Waals surface area contributed by atoms with Crippen LogP contribution in [0.2, 0.25) is 0 Å². The van der Waals surface area contributed by atoms with Gasteiger partial charge in [0.05, 0.1) is 31.3 Å². The summed E-state index contributed by atoms with van der Waals surface area (Å²) in [6, 6.07) is 8.88. The van der Waals surface area contributed by atoms with Crippen LogP contribution in [0.25, 0.3) is 0 Å². The lowest BCUT2D eigenvalue weighted by Gasteiger charge is -2.34. The number of carbonyl (C=O) groups is 2. The van der Waals surface area contributed by atoms with Crippen molar-refractivity contribution in [3.63, 3.8) is 0 Å². The lowest BCUT2D eigenvalue weighted by atomic mass is 10.2. The number of amides is 2. The summed E-state index contributed by atoms with van der Waals surface area (Å²) < 4.78 is 10.6. The summed E-state index contributed by atoms with van der Waals surface area (Å²) >= 11 is 1.46. The van der Waals surface area contributed by atoms with E-state index in [9.17, 15) is 9.59 Å². The summed E-state index contributed by atoms with van der Waals surface area (Å²) in [5.74, 6) is 1.18. The summed E-state index contributed by atoms with van der Waals surface area (Å²) in [6.07, 6.45) is 0. The number of carbonyl (C=O) groups excluding carboxylic acids is 2. The standard InChI is InChI=1S/C19H23N3O4S/c1-25-16-6-3-5-14(18(16)26-2)20-19(24)22-10-8-21(9-11-22)13-15(23)17-7-4-12-27-17/h3-7,12H,8-11,13H2,1-2H3,(H,20,24). The minimum absolute atomic E-state index is 0.129. The van der Waals surface area contributed by atoms with E-state index in [1.54, 1.807) is 30.2 Å². The number of ether oxygens (including phenoxy) is 2. The van der Waals surface area contributed by atoms with Crippen molar-refractivity contribution in [3.8, 4) is 11.5 Å². The van der Waals surface area contributed by atoms with Crippen LogP contribution in [0.3, 0.4) is 0 Å². The Morgan fingerprint density at radius 1 is 1.07 bits per heavy atom. The number of nitrogens with zero attached hydrogens (tertiary/aromatic N) is 2. The maximum Gasteiger partial charge on any atom is 0.322 e. The van der Waals surface area contributed by atoms with Crippen molar-refractivity contribution in [1.82, 2.24) is 9.80 Å². The topological polar surface area (TPSA) is 71.1 Å². The maximum atomic E-state index is 12.6. The van der Waals surface area contributed by atoms with E-state index in [4.69, 9.17) is 9.47 Å². The van der Waals surface area contributed by atoms with Crippen LogP contribution in [0.1, 0.15) is 9.67 Å². The SMILES string of the molecule is COc1cccc(NC(=O)N2CCN(CC(=O)c3cccs3)CC2)c1OC. The second kappa shape index (κ2) is 8.88. The van der Waals surface area contributed by atoms with Crippen LogP contribution in [0.4, 0.5) is 10.5 Å². The molecule has 2 heterocycles. The Balaban J connectivity index is 1.54. The molecule has 27 heavy (non-hydrogen) atoms. The number of ketones is 1. The fraction of sp³-hybridized carbons (Fsp3) is 0.368. The van der Waals surface area contributed by atoms with Crippen LogP contribution in [-0.4, -0.2) is 68.6 Å². The molecule has 0 bridgehead atoms. The van der Waals surface area contributed by atoms with Gasteiger partial charge in [0, 0.05) is 26.2 Å². The first-order chi connectivity index (χ1) is 13.1. The highest BCUT2D eigenvalue weighted by molar-refractivity contribution is 7.12. The summed E-state index contributed by atoms with van der Waals surface area (Å²) in [4.78, 5) is 29.4. The van der Waals surface area contributed by atoms with E-state index >= 15 is 0 Å². The van der Waals surface area contributed by atoms with E-state index < -0.39 is 0 Å². The molecule has 1 aliphatic heterocycles. The van der Waals surface area contributed by atoms with E-state index in [2.05, 4.69) is 10.2 Å². The first-order valence-electron chi connectivity index (χ1n) is 8.68. The highest BCUT2D eigenvalue weighted by Crippen LogP contribution is 2.34. The molecule has 144 valence electrons. The number of hydrogen-bond acceptors (Lipinski definition) is 6. The molecular formula is C19H23N3O4S. The predicted octanol–water partition coefficient (Wildman–Crippen LogP) is 2.80. The van der Waals surface area contributed by atoms with Gasteiger partial charge in [0.2, 0.25) is 0 Å². The highest BCUT2D eigenvalue weighted by atomic mass is 32.1. The van der Waals surface area contributed by atoms with Crippen LogP contribution in [-0.2, 0) is 0 Å². The van der Waals surface area contributed by atoms with Crippen LogP contribution < -0.4 is 14.8 Å². The zero-order chi connectivity index (χ0) is 19.2. The molecule has 1 aromatic heterocycles. The van der Waals surface area contributed by atoms with Crippen LogP contribution in [0, 0.1) is 0 Å². The largest absolute Gasteiger partial charge is 0.493 e. The van der Waals surface area contributed by atoms with Gasteiger partial charge in [-0.25, -0.2) is 4.79 Å². The Kier molecular flexibility index (Phi) is 6.31. The molecule has 2 aromatic rings. The maximum absolute atomic E-state index is 12.6. The van der Waals surface area contributed by atoms with Crippen LogP contribution in [0.5, 0.6) is 11.5 Å². The second-order valence-corrected chi connectivity index (χ2v) is 7.08. The number of Topliss-reactive ketones (excluding diaryl/α,β-unsaturated/α-hetero) is 1. The molecule has 1 fully saturated rings. The lowest BCUT2D eigenvalue weighted by molar-refractivity contribution is 0.0887. The fourth-order valence-electron chi connectivity index (χ4n) is 3.01. The number of nitrogens with one attached hydrogen (secondary N) is 1. The minimum Gasteiger partial charge on any atom is -0.493 e. The van der Waals surface area contributed by atoms with Gasteiger partial charge in [-0.3, -0.25) is 9.69 Å². The van der Waals surface area contributed by atoms with Gasteiger partial charge >= 0.3 is 6.03 Å². The number of piperazine rings is 1. The smallest absolute Gasteiger partial charge is 0.322 e. The molecule has 1 aromatic carbocycles. The third kappa shape index (κ3) is 4.58. The molecule has 1 N–H and O–H groups in total. The molecule has 1 aliphatic rings. The zero-order valence-electron chi connectivity index (χ0n) is 15.4. The number of benzene rings is 1. The van der Waals surface area contributed by atoms with Gasteiger partial charge < -0.3 is 19.7 Å². The molecule has 7 nitrogen and oxygen atoms in total. The van der Waals surface area contributed by atoms with Crippen molar-refractivity contribution in [2.45, 2.75) is 0 Å². The first kappa shape index (κ1) is 19.2. The number of methoxy groups -OCH3 is 2. The Labute approximate surface area is 162 Å². The van der Waals surface area contributed by atoms with E-state index in [1.807, 2.05) is 17.5 Å². The van der Waals surface area contributed by atoms with Gasteiger partial charge in [-0.2, -0.15) is 0 Å². The fourth-order valence-corrected chi connectivity index (χ4v) is 3.66. The third-order valence-electron chi connectivity index (χ3n) is 4.47. The van der Waals surface area contributed by atoms with Crippen LogP contribution >= 0.6 is 11.3 Å². The number of hydrogen-bond donors (Lipinski definition) is 1. The Hall–Kier alpha value is -2.58. The number of rotatable bonds is 6. The molecule has 0 saturated carbocycles. The average Bonchev–Trinajstić information content (AvgIpc) is 3.23. The number of para-hydroxylation sites is 1. The average molecular weight is 389 g/mol. The van der Waals surface area contributed by atoms with Gasteiger partial charge in [-0.05, 0) is 23.6 Å². The zero-order valence-corrected chi connectivity index (χ0v) is 16.3. The molecular weight excluding hydrogens is 366 g/mol. The quantitative estimate of drug-likeness (QED) is 0.770. The van der Waals surface area contributed by atoms with Crippen molar-refractivity contribution < 1.29 is 19.1 Å². The van der Waals surface area contributed by atoms with E-state index in [0.29, 0.717) is 49.9 Å². The molecule has 3 rings (SSSR count). The van der Waals surface area contributed by atoms with Gasteiger partial charge in [-0.15, -0.1) is 11.3 Å². The molecule has 0 unspecified atom stereocenters. The molecule has 1 saturated heterocycles. The summed E-state index contributed by atoms with van der Waals surface area (Å²) in [5.41, 5.74) is 0.567. The summed E-state index contributed by atoms with van der Waals surface area (Å²) in [5, 5.41) is 4.79. The predicted molar refractivity (Wildman–Crippen MR) is 105 cm³/mol. The lowest BCUT2D eigenvalue weighted by Crippen LogP contribution is -2.51. The monoisotopic (exact) mass is 389 g/mol. The van der Waals surface area contributed by atoms with Crippen molar-refractivity contribution >= 4 is 28.8 Å². The normalized spacial score (nSPS) is 14.7. The summed E-state index contributed by atoms with van der Waals surface area (Å²) in [7, 11) is 3.09. The number of anilines is 1. The Morgan fingerprint density at radius 3 is 2.48 bits per heavy atom. The molecule has 0 aliphatic carbocycles. The molecule has 2 amide bonds. The van der Waals surface area contributed by atoms with E-state index in [1.165, 1.54) is 18.4 Å². The van der Waals surface area contributed by atoms with Gasteiger partial charge in [0.1, 0.15) is 0 Å². The van der Waals surface area contributed by atoms with E-state index in [0.717, 1.165) is 4.88 Å². The molecule has 0 atom stereocenters. The molecule has 0 spiro atoms. The Bertz CT molecular complexity index is 786. The first-order valence-corrected chi connectivity index (χ1v) is 9.56. The number of urea groups is 1. The van der Waals surface area contributed by atoms with Crippen molar-refractivity contribution in [1.29, 1.82) is 0 Å². The molecule has 8 heteroatoms. The van der Waals surface area contributed by atoms with Gasteiger partial charge in [0.25, 0.3) is 0 Å². The van der Waals surface area contributed by atoms with Crippen molar-refractivity contribution in [2.24, 2.45) is 0 Å². The third-order valence-corrected chi connectivity index (χ3v) is 5.38. The second-order valence-electron chi connectivity index (χ2n) is 6.13. The van der Waals surface area contributed by atoms with Gasteiger partial charge in [-0.1, -0.05) is 12.1 Å². The minimum atomic E-state index is -0.189. The highest BCUT2D eigenvalue weighted by Gasteiger charge is 2.24.